The van der Waals surface area contributed by atoms with Gasteiger partial charge in [-0.1, -0.05) is 60.7 Å². The van der Waals surface area contributed by atoms with Gasteiger partial charge in [-0.2, -0.15) is 0 Å². The summed E-state index contributed by atoms with van der Waals surface area (Å²) in [6, 6.07) is 27.7. The van der Waals surface area contributed by atoms with Gasteiger partial charge in [0.15, 0.2) is 0 Å². The van der Waals surface area contributed by atoms with Crippen molar-refractivity contribution in [2.24, 2.45) is 5.73 Å². The average molecular weight is 436 g/mol. The molecule has 3 N–H and O–H groups in total. The maximum Gasteiger partial charge on any atom is 0.261 e. The van der Waals surface area contributed by atoms with E-state index in [-0.39, 0.29) is 11.8 Å². The van der Waals surface area contributed by atoms with E-state index in [9.17, 15) is 9.59 Å². The minimum absolute atomic E-state index is 0.214. The fourth-order valence-corrected chi connectivity index (χ4v) is 4.37. The Bertz CT molecular complexity index is 1280. The van der Waals surface area contributed by atoms with Crippen LogP contribution in [-0.2, 0) is 6.54 Å². The quantitative estimate of drug-likeness (QED) is 0.314. The molecule has 33 heavy (non-hydrogen) atoms. The van der Waals surface area contributed by atoms with Crippen LogP contribution in [0, 0.1) is 0 Å². The Hall–Kier alpha value is -3.96. The van der Waals surface area contributed by atoms with Gasteiger partial charge in [-0.05, 0) is 52.8 Å². The summed E-state index contributed by atoms with van der Waals surface area (Å²) in [6.07, 6.45) is 0.665. The average Bonchev–Trinajstić information content (AvgIpc) is 2.87. The Morgan fingerprint density at radius 2 is 1.30 bits per heavy atom. The number of anilines is 1. The normalized spacial score (nSPS) is 12.9. The van der Waals surface area contributed by atoms with Crippen molar-refractivity contribution in [1.82, 2.24) is 4.90 Å². The molecule has 1 aliphatic rings. The van der Waals surface area contributed by atoms with Gasteiger partial charge in [0.2, 0.25) is 0 Å². The van der Waals surface area contributed by atoms with Gasteiger partial charge in [-0.3, -0.25) is 14.5 Å². The lowest BCUT2D eigenvalue weighted by atomic mass is 9.94. The van der Waals surface area contributed by atoms with Crippen LogP contribution in [0.25, 0.3) is 21.9 Å². The van der Waals surface area contributed by atoms with Crippen molar-refractivity contribution >= 4 is 28.3 Å². The van der Waals surface area contributed by atoms with Crippen LogP contribution in [0.4, 0.5) is 5.69 Å². The topological polar surface area (TPSA) is 75.4 Å². The number of hydrogen-bond acceptors (Lipinski definition) is 4. The van der Waals surface area contributed by atoms with E-state index in [4.69, 9.17) is 5.73 Å². The van der Waals surface area contributed by atoms with Gasteiger partial charge in [-0.25, -0.2) is 0 Å². The zero-order chi connectivity index (χ0) is 22.8. The molecule has 5 rings (SSSR count). The van der Waals surface area contributed by atoms with Crippen LogP contribution in [-0.4, -0.2) is 29.8 Å². The van der Waals surface area contributed by atoms with Crippen molar-refractivity contribution < 1.29 is 9.59 Å². The van der Waals surface area contributed by atoms with Gasteiger partial charge < -0.3 is 11.1 Å². The zero-order valence-electron chi connectivity index (χ0n) is 18.3. The molecule has 5 heteroatoms. The third-order valence-corrected chi connectivity index (χ3v) is 6.15. The zero-order valence-corrected chi connectivity index (χ0v) is 18.3. The van der Waals surface area contributed by atoms with Crippen LogP contribution in [0.5, 0.6) is 0 Å². The van der Waals surface area contributed by atoms with E-state index >= 15 is 0 Å². The Labute approximate surface area is 192 Å². The number of hydrogen-bond donors (Lipinski definition) is 2. The predicted molar refractivity (Wildman–Crippen MR) is 132 cm³/mol. The van der Waals surface area contributed by atoms with E-state index in [0.717, 1.165) is 33.2 Å². The molecule has 0 aliphatic carbocycles. The number of imide groups is 1. The van der Waals surface area contributed by atoms with Gasteiger partial charge in [0.25, 0.3) is 11.8 Å². The summed E-state index contributed by atoms with van der Waals surface area (Å²) in [5.74, 6) is -0.427. The summed E-state index contributed by atoms with van der Waals surface area (Å²) in [6.45, 7) is 1.58. The minimum Gasteiger partial charge on any atom is -0.385 e. The predicted octanol–water partition coefficient (Wildman–Crippen LogP) is 5.06. The lowest BCUT2D eigenvalue weighted by molar-refractivity contribution is 0.0610. The molecule has 1 aliphatic heterocycles. The van der Waals surface area contributed by atoms with E-state index in [1.807, 2.05) is 48.5 Å². The minimum atomic E-state index is -0.214. The number of carbonyl (C=O) groups is 2. The van der Waals surface area contributed by atoms with Gasteiger partial charge in [0.05, 0.1) is 0 Å². The summed E-state index contributed by atoms with van der Waals surface area (Å²) < 4.78 is 0. The molecule has 4 aromatic carbocycles. The molecular weight excluding hydrogens is 410 g/mol. The van der Waals surface area contributed by atoms with E-state index in [0.29, 0.717) is 37.2 Å². The number of nitrogens with two attached hydrogens (primary N) is 1. The van der Waals surface area contributed by atoms with Crippen LogP contribution in [0.1, 0.15) is 32.7 Å². The van der Waals surface area contributed by atoms with E-state index in [2.05, 4.69) is 29.6 Å². The van der Waals surface area contributed by atoms with Crippen LogP contribution >= 0.6 is 0 Å². The number of benzene rings is 4. The Balaban J connectivity index is 1.20. The molecule has 164 valence electrons. The van der Waals surface area contributed by atoms with Crippen molar-refractivity contribution in [2.45, 2.75) is 13.0 Å². The molecule has 0 unspecified atom stereocenters. The van der Waals surface area contributed by atoms with Crippen LogP contribution < -0.4 is 11.1 Å². The second kappa shape index (κ2) is 8.88. The first-order chi connectivity index (χ1) is 16.2. The van der Waals surface area contributed by atoms with Crippen molar-refractivity contribution in [3.8, 4) is 11.1 Å². The second-order valence-corrected chi connectivity index (χ2v) is 8.23. The molecule has 0 fully saturated rings. The Kier molecular flexibility index (Phi) is 5.63. The van der Waals surface area contributed by atoms with Crippen LogP contribution in [0.3, 0.4) is 0 Å². The molecule has 1 heterocycles. The summed E-state index contributed by atoms with van der Waals surface area (Å²) in [5.41, 5.74) is 11.3. The van der Waals surface area contributed by atoms with E-state index in [1.165, 1.54) is 4.90 Å². The fourth-order valence-electron chi connectivity index (χ4n) is 4.37. The van der Waals surface area contributed by atoms with Crippen LogP contribution in [0.15, 0.2) is 84.9 Å². The highest BCUT2D eigenvalue weighted by Crippen LogP contribution is 2.30. The molecule has 0 spiro atoms. The summed E-state index contributed by atoms with van der Waals surface area (Å²) >= 11 is 0. The first-order valence-electron chi connectivity index (χ1n) is 11.2. The van der Waals surface area contributed by atoms with Crippen molar-refractivity contribution in [2.75, 3.05) is 18.4 Å². The number of amides is 2. The molecule has 4 aromatic rings. The molecule has 0 aromatic heterocycles. The standard InChI is InChI=1S/C28H25N3O2/c29-18-19-8-10-20(11-9-19)21-12-14-23(15-13-21)30-16-3-17-31-27(32)24-6-1-4-22-5-2-7-25(26(22)24)28(31)33/h1-2,4-15,30H,3,16-18,29H2. The van der Waals surface area contributed by atoms with E-state index in [1.54, 1.807) is 12.1 Å². The molecule has 0 saturated carbocycles. The Morgan fingerprint density at radius 3 is 1.88 bits per heavy atom. The monoisotopic (exact) mass is 435 g/mol. The number of nitrogens with zero attached hydrogens (tertiary/aromatic N) is 1. The van der Waals surface area contributed by atoms with Crippen molar-refractivity contribution in [3.05, 3.63) is 102 Å². The first-order valence-corrected chi connectivity index (χ1v) is 11.2. The lowest BCUT2D eigenvalue weighted by Crippen LogP contribution is -2.41. The van der Waals surface area contributed by atoms with Gasteiger partial charge in [0, 0.05) is 41.8 Å². The van der Waals surface area contributed by atoms with Gasteiger partial charge >= 0.3 is 0 Å². The van der Waals surface area contributed by atoms with E-state index < -0.39 is 0 Å². The highest BCUT2D eigenvalue weighted by atomic mass is 16.2. The highest BCUT2D eigenvalue weighted by Gasteiger charge is 2.31. The molecular formula is C28H25N3O2. The first kappa shape index (κ1) is 20.9. The maximum absolute atomic E-state index is 13.0. The van der Waals surface area contributed by atoms with Crippen molar-refractivity contribution in [1.29, 1.82) is 0 Å². The fraction of sp³-hybridized carbons (Fsp3) is 0.143. The second-order valence-electron chi connectivity index (χ2n) is 8.23. The molecule has 5 nitrogen and oxygen atoms in total. The third-order valence-electron chi connectivity index (χ3n) is 6.15. The number of carbonyl (C=O) groups excluding carboxylic acids is 2. The molecule has 0 bridgehead atoms. The third kappa shape index (κ3) is 3.99. The molecule has 0 saturated heterocycles. The maximum atomic E-state index is 13.0. The van der Waals surface area contributed by atoms with Gasteiger partial charge in [-0.15, -0.1) is 0 Å². The highest BCUT2D eigenvalue weighted by molar-refractivity contribution is 6.25. The lowest BCUT2D eigenvalue weighted by Gasteiger charge is -2.27. The van der Waals surface area contributed by atoms with Crippen molar-refractivity contribution in [3.63, 3.8) is 0 Å². The number of rotatable bonds is 7. The molecule has 0 atom stereocenters. The van der Waals surface area contributed by atoms with Gasteiger partial charge in [0.1, 0.15) is 0 Å². The largest absolute Gasteiger partial charge is 0.385 e. The molecule has 2 amide bonds. The smallest absolute Gasteiger partial charge is 0.261 e. The summed E-state index contributed by atoms with van der Waals surface area (Å²) in [7, 11) is 0. The Morgan fingerprint density at radius 1 is 0.727 bits per heavy atom. The van der Waals surface area contributed by atoms with Crippen LogP contribution in [0.2, 0.25) is 0 Å². The SMILES string of the molecule is NCc1ccc(-c2ccc(NCCCN3C(=O)c4cccc5cccc(c45)C3=O)cc2)cc1. The number of nitrogens with one attached hydrogen (secondary N) is 1. The summed E-state index contributed by atoms with van der Waals surface area (Å²) in [4.78, 5) is 27.3. The molecule has 0 radical (unpaired) electrons. The summed E-state index contributed by atoms with van der Waals surface area (Å²) in [5, 5.41) is 5.07.